The van der Waals surface area contributed by atoms with Crippen LogP contribution in [-0.2, 0) is 0 Å². The molecule has 0 radical (unpaired) electrons. The number of aromatic nitrogens is 1. The van der Waals surface area contributed by atoms with Crippen LogP contribution in [0.2, 0.25) is 0 Å². The normalized spacial score (nSPS) is 16.4. The highest BCUT2D eigenvalue weighted by atomic mass is 79.9. The van der Waals surface area contributed by atoms with Crippen LogP contribution in [0, 0.1) is 0 Å². The molecule has 2 rings (SSSR count). The summed E-state index contributed by atoms with van der Waals surface area (Å²) in [6, 6.07) is 4.96. The van der Waals surface area contributed by atoms with Crippen molar-refractivity contribution in [1.82, 2.24) is 4.98 Å². The Morgan fingerprint density at radius 2 is 2.07 bits per heavy atom. The monoisotopic (exact) mass is 254 g/mol. The van der Waals surface area contributed by atoms with E-state index in [0.717, 1.165) is 17.9 Å². The third-order valence-electron chi connectivity index (χ3n) is 2.84. The van der Waals surface area contributed by atoms with Crippen molar-refractivity contribution in [1.29, 1.82) is 0 Å². The third-order valence-corrected chi connectivity index (χ3v) is 3.19. The molecular weight excluding hydrogens is 240 g/mol. The molecule has 0 spiro atoms. The van der Waals surface area contributed by atoms with E-state index in [-0.39, 0.29) is 0 Å². The van der Waals surface area contributed by atoms with Crippen LogP contribution >= 0.6 is 15.9 Å². The van der Waals surface area contributed by atoms with E-state index in [9.17, 15) is 0 Å². The lowest BCUT2D eigenvalue weighted by atomic mass is 9.91. The standard InChI is InChI=1S/C11H15BrN2/c12-6-9-14(10-2-1-3-10)11-4-7-13-8-5-11/h4-5,7-8,10H,1-3,6,9H2. The van der Waals surface area contributed by atoms with Gasteiger partial charge in [0.15, 0.2) is 0 Å². The summed E-state index contributed by atoms with van der Waals surface area (Å²) in [5, 5.41) is 1.03. The molecule has 0 N–H and O–H groups in total. The van der Waals surface area contributed by atoms with Gasteiger partial charge in [-0.15, -0.1) is 0 Å². The zero-order chi connectivity index (χ0) is 9.80. The van der Waals surface area contributed by atoms with E-state index in [0.29, 0.717) is 0 Å². The molecule has 1 aromatic heterocycles. The van der Waals surface area contributed by atoms with Crippen molar-refractivity contribution in [2.24, 2.45) is 0 Å². The Balaban J connectivity index is 2.09. The maximum atomic E-state index is 4.05. The summed E-state index contributed by atoms with van der Waals surface area (Å²) in [4.78, 5) is 6.54. The molecule has 0 bridgehead atoms. The molecule has 14 heavy (non-hydrogen) atoms. The average molecular weight is 255 g/mol. The number of pyridine rings is 1. The van der Waals surface area contributed by atoms with Gasteiger partial charge in [-0.1, -0.05) is 15.9 Å². The summed E-state index contributed by atoms with van der Waals surface area (Å²) in [5.74, 6) is 0. The summed E-state index contributed by atoms with van der Waals surface area (Å²) in [7, 11) is 0. The molecule has 0 aliphatic heterocycles. The zero-order valence-corrected chi connectivity index (χ0v) is 9.78. The second kappa shape index (κ2) is 4.78. The fourth-order valence-corrected chi connectivity index (χ4v) is 2.23. The lowest BCUT2D eigenvalue weighted by Crippen LogP contribution is -2.41. The van der Waals surface area contributed by atoms with Crippen molar-refractivity contribution in [3.63, 3.8) is 0 Å². The Labute approximate surface area is 93.5 Å². The lowest BCUT2D eigenvalue weighted by Gasteiger charge is -2.39. The van der Waals surface area contributed by atoms with Crippen molar-refractivity contribution < 1.29 is 0 Å². The molecule has 0 amide bonds. The van der Waals surface area contributed by atoms with Crippen molar-refractivity contribution in [3.8, 4) is 0 Å². The minimum atomic E-state index is 0.759. The molecule has 0 unspecified atom stereocenters. The molecule has 1 saturated carbocycles. The van der Waals surface area contributed by atoms with E-state index in [1.165, 1.54) is 24.9 Å². The van der Waals surface area contributed by atoms with Gasteiger partial charge in [-0.2, -0.15) is 0 Å². The van der Waals surface area contributed by atoms with Crippen molar-refractivity contribution in [2.45, 2.75) is 25.3 Å². The topological polar surface area (TPSA) is 16.1 Å². The maximum absolute atomic E-state index is 4.05. The summed E-state index contributed by atoms with van der Waals surface area (Å²) in [6.07, 6.45) is 7.81. The van der Waals surface area contributed by atoms with Gasteiger partial charge in [0.25, 0.3) is 0 Å². The van der Waals surface area contributed by atoms with Crippen LogP contribution in [0.5, 0.6) is 0 Å². The Morgan fingerprint density at radius 3 is 2.57 bits per heavy atom. The van der Waals surface area contributed by atoms with Gasteiger partial charge in [0.05, 0.1) is 0 Å². The van der Waals surface area contributed by atoms with Crippen LogP contribution in [0.25, 0.3) is 0 Å². The Bertz CT molecular complexity index is 272. The van der Waals surface area contributed by atoms with Crippen LogP contribution in [0.1, 0.15) is 19.3 Å². The Hall–Kier alpha value is -0.570. The highest BCUT2D eigenvalue weighted by molar-refractivity contribution is 9.09. The number of hydrogen-bond acceptors (Lipinski definition) is 2. The van der Waals surface area contributed by atoms with Gasteiger partial charge in [0.1, 0.15) is 0 Å². The molecule has 1 aromatic rings. The van der Waals surface area contributed by atoms with Gasteiger partial charge in [-0.05, 0) is 31.4 Å². The quantitative estimate of drug-likeness (QED) is 0.769. The van der Waals surface area contributed by atoms with E-state index in [4.69, 9.17) is 0 Å². The number of halogens is 1. The molecule has 1 aliphatic carbocycles. The number of alkyl halides is 1. The minimum Gasteiger partial charge on any atom is -0.368 e. The largest absolute Gasteiger partial charge is 0.368 e. The summed E-state index contributed by atoms with van der Waals surface area (Å²) >= 11 is 3.51. The summed E-state index contributed by atoms with van der Waals surface area (Å²) in [6.45, 7) is 1.09. The molecule has 76 valence electrons. The first-order valence-electron chi connectivity index (χ1n) is 5.14. The van der Waals surface area contributed by atoms with Gasteiger partial charge in [-0.3, -0.25) is 4.98 Å². The van der Waals surface area contributed by atoms with Crippen LogP contribution < -0.4 is 4.90 Å². The van der Waals surface area contributed by atoms with E-state index in [1.807, 2.05) is 12.4 Å². The van der Waals surface area contributed by atoms with Gasteiger partial charge < -0.3 is 4.90 Å². The molecule has 0 saturated heterocycles. The number of anilines is 1. The maximum Gasteiger partial charge on any atom is 0.0399 e. The molecule has 3 heteroatoms. The first kappa shape index (κ1) is 9.97. The first-order valence-corrected chi connectivity index (χ1v) is 6.26. The highest BCUT2D eigenvalue weighted by Crippen LogP contribution is 2.28. The Morgan fingerprint density at radius 1 is 1.36 bits per heavy atom. The van der Waals surface area contributed by atoms with Crippen molar-refractivity contribution >= 4 is 21.6 Å². The zero-order valence-electron chi connectivity index (χ0n) is 8.19. The van der Waals surface area contributed by atoms with Gasteiger partial charge in [-0.25, -0.2) is 0 Å². The molecule has 1 heterocycles. The van der Waals surface area contributed by atoms with Crippen LogP contribution in [0.4, 0.5) is 5.69 Å². The third kappa shape index (κ3) is 2.08. The number of hydrogen-bond donors (Lipinski definition) is 0. The highest BCUT2D eigenvalue weighted by Gasteiger charge is 2.24. The first-order chi connectivity index (χ1) is 6.92. The van der Waals surface area contributed by atoms with Crippen LogP contribution in [0.15, 0.2) is 24.5 Å². The molecule has 1 fully saturated rings. The molecule has 0 aromatic carbocycles. The predicted octanol–water partition coefficient (Wildman–Crippen LogP) is 2.84. The summed E-state index contributed by atoms with van der Waals surface area (Å²) < 4.78 is 0. The second-order valence-electron chi connectivity index (χ2n) is 3.67. The molecule has 1 aliphatic rings. The minimum absolute atomic E-state index is 0.759. The number of nitrogens with zero attached hydrogens (tertiary/aromatic N) is 2. The molecular formula is C11H15BrN2. The predicted molar refractivity (Wildman–Crippen MR) is 63.0 cm³/mol. The fourth-order valence-electron chi connectivity index (χ4n) is 1.85. The van der Waals surface area contributed by atoms with E-state index in [2.05, 4.69) is 37.9 Å². The number of rotatable bonds is 4. The van der Waals surface area contributed by atoms with Crippen LogP contribution in [0.3, 0.4) is 0 Å². The van der Waals surface area contributed by atoms with Crippen molar-refractivity contribution in [3.05, 3.63) is 24.5 Å². The second-order valence-corrected chi connectivity index (χ2v) is 4.47. The SMILES string of the molecule is BrCCN(c1ccncc1)C1CCC1. The van der Waals surface area contributed by atoms with E-state index < -0.39 is 0 Å². The van der Waals surface area contributed by atoms with Gasteiger partial charge >= 0.3 is 0 Å². The van der Waals surface area contributed by atoms with Crippen LogP contribution in [-0.4, -0.2) is 22.9 Å². The van der Waals surface area contributed by atoms with E-state index in [1.54, 1.807) is 0 Å². The average Bonchev–Trinajstić information content (AvgIpc) is 2.16. The van der Waals surface area contributed by atoms with Gasteiger partial charge in [0, 0.05) is 36.0 Å². The van der Waals surface area contributed by atoms with Gasteiger partial charge in [0.2, 0.25) is 0 Å². The van der Waals surface area contributed by atoms with E-state index >= 15 is 0 Å². The van der Waals surface area contributed by atoms with Crippen molar-refractivity contribution in [2.75, 3.05) is 16.8 Å². The fraction of sp³-hybridized carbons (Fsp3) is 0.545. The molecule has 2 nitrogen and oxygen atoms in total. The molecule has 0 atom stereocenters. The summed E-state index contributed by atoms with van der Waals surface area (Å²) in [5.41, 5.74) is 1.31. The Kier molecular flexibility index (Phi) is 3.40. The smallest absolute Gasteiger partial charge is 0.0399 e. The lowest BCUT2D eigenvalue weighted by molar-refractivity contribution is 0.391.